The third kappa shape index (κ3) is 3.87. The van der Waals surface area contributed by atoms with Gasteiger partial charge in [0.05, 0.1) is 17.3 Å². The number of halogens is 1. The van der Waals surface area contributed by atoms with Gasteiger partial charge in [0.2, 0.25) is 0 Å². The lowest BCUT2D eigenvalue weighted by Crippen LogP contribution is -2.27. The van der Waals surface area contributed by atoms with E-state index in [0.29, 0.717) is 5.92 Å². The first-order valence-electron chi connectivity index (χ1n) is 6.49. The number of rotatable bonds is 6. The molecule has 1 N–H and O–H groups in total. The lowest BCUT2D eigenvalue weighted by molar-refractivity contribution is 0.153. The first-order chi connectivity index (χ1) is 8.79. The molecular formula is C14H21ClN2O. The molecule has 1 fully saturated rings. The van der Waals surface area contributed by atoms with Crippen molar-refractivity contribution in [2.24, 2.45) is 5.92 Å². The number of nitrogens with one attached hydrogen (secondary N) is 1. The van der Waals surface area contributed by atoms with Gasteiger partial charge in [-0.15, -0.1) is 0 Å². The Morgan fingerprint density at radius 2 is 2.28 bits per heavy atom. The van der Waals surface area contributed by atoms with Crippen LogP contribution in [0.4, 0.5) is 5.69 Å². The maximum Gasteiger partial charge on any atom is 0.0637 e. The number of anilines is 1. The van der Waals surface area contributed by atoms with Crippen LogP contribution >= 0.6 is 11.6 Å². The quantitative estimate of drug-likeness (QED) is 0.859. The highest BCUT2D eigenvalue weighted by molar-refractivity contribution is 6.33. The molecule has 1 aliphatic heterocycles. The van der Waals surface area contributed by atoms with Gasteiger partial charge in [-0.25, -0.2) is 0 Å². The summed E-state index contributed by atoms with van der Waals surface area (Å²) in [4.78, 5) is 2.48. The normalized spacial score (nSPS) is 20.2. The predicted molar refractivity (Wildman–Crippen MR) is 76.4 cm³/mol. The topological polar surface area (TPSA) is 24.5 Å². The highest BCUT2D eigenvalue weighted by Gasteiger charge is 2.21. The summed E-state index contributed by atoms with van der Waals surface area (Å²) >= 11 is 6.09. The molecule has 1 aromatic carbocycles. The fourth-order valence-electron chi connectivity index (χ4n) is 2.44. The minimum absolute atomic E-state index is 0.704. The van der Waals surface area contributed by atoms with Crippen molar-refractivity contribution in [1.29, 1.82) is 0 Å². The van der Waals surface area contributed by atoms with E-state index >= 15 is 0 Å². The van der Waals surface area contributed by atoms with Gasteiger partial charge in [0.1, 0.15) is 0 Å². The predicted octanol–water partition coefficient (Wildman–Crippen LogP) is 2.72. The van der Waals surface area contributed by atoms with Gasteiger partial charge >= 0.3 is 0 Å². The molecule has 0 radical (unpaired) electrons. The van der Waals surface area contributed by atoms with Crippen LogP contribution in [-0.2, 0) is 4.74 Å². The van der Waals surface area contributed by atoms with Crippen molar-refractivity contribution in [2.45, 2.75) is 6.42 Å². The Morgan fingerprint density at radius 3 is 3.06 bits per heavy atom. The van der Waals surface area contributed by atoms with E-state index in [1.54, 1.807) is 7.11 Å². The summed E-state index contributed by atoms with van der Waals surface area (Å²) < 4.78 is 5.20. The molecule has 1 aliphatic rings. The van der Waals surface area contributed by atoms with Crippen LogP contribution in [0.1, 0.15) is 6.42 Å². The van der Waals surface area contributed by atoms with E-state index in [4.69, 9.17) is 16.3 Å². The van der Waals surface area contributed by atoms with E-state index < -0.39 is 0 Å². The molecule has 1 aromatic rings. The lowest BCUT2D eigenvalue weighted by atomic mass is 10.1. The minimum atomic E-state index is 0.704. The van der Waals surface area contributed by atoms with Crippen molar-refractivity contribution in [3.63, 3.8) is 0 Å². The largest absolute Gasteiger partial charge is 0.384 e. The first kappa shape index (κ1) is 13.7. The Morgan fingerprint density at radius 1 is 1.44 bits per heavy atom. The Labute approximate surface area is 114 Å². The van der Waals surface area contributed by atoms with E-state index in [-0.39, 0.29) is 0 Å². The molecule has 1 saturated heterocycles. The highest BCUT2D eigenvalue weighted by atomic mass is 35.5. The summed E-state index contributed by atoms with van der Waals surface area (Å²) in [6, 6.07) is 7.87. The Balaban J connectivity index is 1.69. The smallest absolute Gasteiger partial charge is 0.0637 e. The molecule has 0 aliphatic carbocycles. The third-order valence-corrected chi connectivity index (χ3v) is 3.72. The van der Waals surface area contributed by atoms with Gasteiger partial charge < -0.3 is 15.0 Å². The highest BCUT2D eigenvalue weighted by Crippen LogP contribution is 2.20. The van der Waals surface area contributed by atoms with Gasteiger partial charge in [0, 0.05) is 26.7 Å². The Hall–Kier alpha value is -0.770. The molecule has 2 rings (SSSR count). The number of hydrogen-bond acceptors (Lipinski definition) is 3. The van der Waals surface area contributed by atoms with Gasteiger partial charge in [-0.2, -0.15) is 0 Å². The molecular weight excluding hydrogens is 248 g/mol. The first-order valence-corrected chi connectivity index (χ1v) is 6.87. The van der Waals surface area contributed by atoms with Crippen molar-refractivity contribution >= 4 is 17.3 Å². The number of likely N-dealkylation sites (tertiary alicyclic amines) is 1. The van der Waals surface area contributed by atoms with Crippen LogP contribution in [-0.4, -0.2) is 44.8 Å². The van der Waals surface area contributed by atoms with Crippen LogP contribution in [0.15, 0.2) is 24.3 Å². The van der Waals surface area contributed by atoms with Crippen molar-refractivity contribution in [1.82, 2.24) is 4.90 Å². The molecule has 1 atom stereocenters. The van der Waals surface area contributed by atoms with Crippen molar-refractivity contribution in [3.05, 3.63) is 29.3 Å². The Kier molecular flexibility index (Phi) is 5.29. The van der Waals surface area contributed by atoms with Gasteiger partial charge in [-0.3, -0.25) is 0 Å². The fraction of sp³-hybridized carbons (Fsp3) is 0.571. The summed E-state index contributed by atoms with van der Waals surface area (Å²) in [5.74, 6) is 0.704. The molecule has 0 amide bonds. The number of benzene rings is 1. The second-order valence-corrected chi connectivity index (χ2v) is 5.22. The fourth-order valence-corrected chi connectivity index (χ4v) is 2.64. The number of hydrogen-bond donors (Lipinski definition) is 1. The van der Waals surface area contributed by atoms with E-state index in [1.807, 2.05) is 24.3 Å². The van der Waals surface area contributed by atoms with Crippen LogP contribution in [0.2, 0.25) is 5.02 Å². The summed E-state index contributed by atoms with van der Waals surface area (Å²) in [5, 5.41) is 4.17. The van der Waals surface area contributed by atoms with Gasteiger partial charge in [-0.05, 0) is 31.0 Å². The number of ether oxygens (including phenoxy) is 1. The van der Waals surface area contributed by atoms with E-state index in [1.165, 1.54) is 13.0 Å². The van der Waals surface area contributed by atoms with E-state index in [2.05, 4.69) is 10.2 Å². The van der Waals surface area contributed by atoms with Crippen LogP contribution < -0.4 is 5.32 Å². The molecule has 18 heavy (non-hydrogen) atoms. The van der Waals surface area contributed by atoms with Gasteiger partial charge in [0.25, 0.3) is 0 Å². The average molecular weight is 269 g/mol. The zero-order valence-electron chi connectivity index (χ0n) is 10.9. The zero-order valence-corrected chi connectivity index (χ0v) is 11.6. The van der Waals surface area contributed by atoms with Crippen LogP contribution in [0.5, 0.6) is 0 Å². The maximum absolute atomic E-state index is 6.09. The summed E-state index contributed by atoms with van der Waals surface area (Å²) in [7, 11) is 1.78. The van der Waals surface area contributed by atoms with Crippen LogP contribution in [0.25, 0.3) is 0 Å². The standard InChI is InChI=1S/C14H21ClN2O/c1-18-11-12-6-8-17(10-12)9-7-16-14-5-3-2-4-13(14)15/h2-5,12,16H,6-11H2,1H3. The molecule has 0 saturated carbocycles. The molecule has 1 heterocycles. The van der Waals surface area contributed by atoms with Crippen LogP contribution in [0.3, 0.4) is 0 Å². The Bertz CT molecular complexity index is 373. The molecule has 100 valence electrons. The summed E-state index contributed by atoms with van der Waals surface area (Å²) in [6.45, 7) is 5.21. The number of nitrogens with zero attached hydrogens (tertiary/aromatic N) is 1. The van der Waals surface area contributed by atoms with Gasteiger partial charge in [0.15, 0.2) is 0 Å². The molecule has 0 aromatic heterocycles. The molecule has 1 unspecified atom stereocenters. The SMILES string of the molecule is COCC1CCN(CCNc2ccccc2Cl)C1. The maximum atomic E-state index is 6.09. The minimum Gasteiger partial charge on any atom is -0.384 e. The van der Waals surface area contributed by atoms with E-state index in [0.717, 1.165) is 37.0 Å². The molecule has 4 heteroatoms. The lowest BCUT2D eigenvalue weighted by Gasteiger charge is -2.17. The van der Waals surface area contributed by atoms with Gasteiger partial charge in [-0.1, -0.05) is 23.7 Å². The van der Waals surface area contributed by atoms with Crippen molar-refractivity contribution in [2.75, 3.05) is 45.2 Å². The number of methoxy groups -OCH3 is 1. The monoisotopic (exact) mass is 268 g/mol. The molecule has 3 nitrogen and oxygen atoms in total. The molecule has 0 spiro atoms. The second-order valence-electron chi connectivity index (χ2n) is 4.82. The zero-order chi connectivity index (χ0) is 12.8. The average Bonchev–Trinajstić information content (AvgIpc) is 2.80. The third-order valence-electron chi connectivity index (χ3n) is 3.39. The van der Waals surface area contributed by atoms with Crippen molar-refractivity contribution in [3.8, 4) is 0 Å². The summed E-state index contributed by atoms with van der Waals surface area (Å²) in [6.07, 6.45) is 1.25. The number of para-hydroxylation sites is 1. The van der Waals surface area contributed by atoms with Crippen molar-refractivity contribution < 1.29 is 4.74 Å². The second kappa shape index (κ2) is 6.98. The summed E-state index contributed by atoms with van der Waals surface area (Å²) in [5.41, 5.74) is 1.02. The molecule has 0 bridgehead atoms. The van der Waals surface area contributed by atoms with E-state index in [9.17, 15) is 0 Å². The van der Waals surface area contributed by atoms with Crippen LogP contribution in [0, 0.1) is 5.92 Å².